The van der Waals surface area contributed by atoms with Gasteiger partial charge in [-0.25, -0.2) is 8.42 Å². The number of aromatic nitrogens is 1. The molecule has 18 heavy (non-hydrogen) atoms. The minimum atomic E-state index is -3.15. The van der Waals surface area contributed by atoms with Crippen molar-refractivity contribution in [2.75, 3.05) is 19.8 Å². The van der Waals surface area contributed by atoms with Gasteiger partial charge in [0.25, 0.3) is 0 Å². The number of aryl methyl sites for hydroxylation is 1. The zero-order chi connectivity index (χ0) is 13.3. The highest BCUT2D eigenvalue weighted by molar-refractivity contribution is 7.90. The van der Waals surface area contributed by atoms with E-state index < -0.39 is 9.84 Å². The lowest BCUT2D eigenvalue weighted by Crippen LogP contribution is -2.10. The standard InChI is InChI=1S/C13H18N2O2S/c1-9-11(6-7-14-2)12-8-10(18(3,16)17)4-5-13(12)15-9/h4-5,8,14-15H,6-7H2,1-3H3. The number of sulfone groups is 1. The monoisotopic (exact) mass is 266 g/mol. The fourth-order valence-corrected chi connectivity index (χ4v) is 2.81. The summed E-state index contributed by atoms with van der Waals surface area (Å²) in [6.07, 6.45) is 2.12. The van der Waals surface area contributed by atoms with Gasteiger partial charge in [-0.1, -0.05) is 0 Å². The van der Waals surface area contributed by atoms with Gasteiger partial charge in [0.1, 0.15) is 0 Å². The predicted molar refractivity (Wildman–Crippen MR) is 73.8 cm³/mol. The Bertz CT molecular complexity index is 672. The van der Waals surface area contributed by atoms with Crippen LogP contribution in [-0.2, 0) is 16.3 Å². The molecule has 0 aliphatic carbocycles. The molecule has 5 heteroatoms. The first-order valence-electron chi connectivity index (χ1n) is 5.89. The number of hydrogen-bond donors (Lipinski definition) is 2. The highest BCUT2D eigenvalue weighted by Gasteiger charge is 2.12. The van der Waals surface area contributed by atoms with Crippen molar-refractivity contribution in [2.45, 2.75) is 18.2 Å². The number of fused-ring (bicyclic) bond motifs is 1. The lowest BCUT2D eigenvalue weighted by molar-refractivity contribution is 0.602. The van der Waals surface area contributed by atoms with Gasteiger partial charge in [0.05, 0.1) is 4.90 Å². The van der Waals surface area contributed by atoms with E-state index in [1.165, 1.54) is 11.8 Å². The molecule has 0 aliphatic rings. The van der Waals surface area contributed by atoms with Crippen LogP contribution in [0.4, 0.5) is 0 Å². The summed E-state index contributed by atoms with van der Waals surface area (Å²) in [5.74, 6) is 0. The Labute approximate surface area is 107 Å². The Morgan fingerprint density at radius 3 is 2.67 bits per heavy atom. The summed E-state index contributed by atoms with van der Waals surface area (Å²) >= 11 is 0. The first kappa shape index (κ1) is 13.1. The van der Waals surface area contributed by atoms with E-state index >= 15 is 0 Å². The van der Waals surface area contributed by atoms with Crippen LogP contribution in [0.25, 0.3) is 10.9 Å². The molecule has 1 aromatic carbocycles. The van der Waals surface area contributed by atoms with Crippen molar-refractivity contribution in [3.05, 3.63) is 29.5 Å². The fourth-order valence-electron chi connectivity index (χ4n) is 2.16. The molecule has 98 valence electrons. The van der Waals surface area contributed by atoms with Crippen LogP contribution in [0.3, 0.4) is 0 Å². The molecular formula is C13H18N2O2S. The Hall–Kier alpha value is -1.33. The van der Waals surface area contributed by atoms with E-state index in [1.54, 1.807) is 12.1 Å². The molecule has 0 saturated heterocycles. The van der Waals surface area contributed by atoms with Crippen molar-refractivity contribution in [3.63, 3.8) is 0 Å². The number of rotatable bonds is 4. The normalized spacial score (nSPS) is 12.2. The average molecular weight is 266 g/mol. The zero-order valence-electron chi connectivity index (χ0n) is 10.9. The summed E-state index contributed by atoms with van der Waals surface area (Å²) in [6, 6.07) is 5.25. The summed E-state index contributed by atoms with van der Waals surface area (Å²) in [5, 5.41) is 4.12. The number of aromatic amines is 1. The van der Waals surface area contributed by atoms with Crippen molar-refractivity contribution in [3.8, 4) is 0 Å². The van der Waals surface area contributed by atoms with Gasteiger partial charge in [-0.15, -0.1) is 0 Å². The van der Waals surface area contributed by atoms with Gasteiger partial charge in [0.15, 0.2) is 9.84 Å². The molecule has 0 unspecified atom stereocenters. The number of nitrogens with one attached hydrogen (secondary N) is 2. The topological polar surface area (TPSA) is 62.0 Å². The van der Waals surface area contributed by atoms with Crippen LogP contribution >= 0.6 is 0 Å². The number of H-pyrrole nitrogens is 1. The lowest BCUT2D eigenvalue weighted by Gasteiger charge is -2.02. The smallest absolute Gasteiger partial charge is 0.175 e. The van der Waals surface area contributed by atoms with Crippen molar-refractivity contribution in [1.29, 1.82) is 0 Å². The zero-order valence-corrected chi connectivity index (χ0v) is 11.7. The van der Waals surface area contributed by atoms with E-state index in [4.69, 9.17) is 0 Å². The molecule has 0 fully saturated rings. The Balaban J connectivity index is 2.59. The summed E-state index contributed by atoms with van der Waals surface area (Å²) in [4.78, 5) is 3.67. The van der Waals surface area contributed by atoms with Crippen molar-refractivity contribution >= 4 is 20.7 Å². The van der Waals surface area contributed by atoms with Gasteiger partial charge in [-0.05, 0) is 50.7 Å². The van der Waals surface area contributed by atoms with E-state index in [0.29, 0.717) is 4.90 Å². The third-order valence-corrected chi connectivity index (χ3v) is 4.25. The second-order valence-electron chi connectivity index (χ2n) is 4.56. The van der Waals surface area contributed by atoms with Gasteiger partial charge in [-0.2, -0.15) is 0 Å². The highest BCUT2D eigenvalue weighted by atomic mass is 32.2. The Morgan fingerprint density at radius 2 is 2.06 bits per heavy atom. The van der Waals surface area contributed by atoms with E-state index in [9.17, 15) is 8.42 Å². The minimum absolute atomic E-state index is 0.375. The lowest BCUT2D eigenvalue weighted by atomic mass is 10.1. The molecule has 0 atom stereocenters. The molecule has 1 aromatic heterocycles. The Kier molecular flexibility index (Phi) is 3.45. The summed E-state index contributed by atoms with van der Waals surface area (Å²) in [6.45, 7) is 2.89. The maximum Gasteiger partial charge on any atom is 0.175 e. The van der Waals surface area contributed by atoms with Crippen LogP contribution in [0.15, 0.2) is 23.1 Å². The van der Waals surface area contributed by atoms with Crippen molar-refractivity contribution in [2.24, 2.45) is 0 Å². The van der Waals surface area contributed by atoms with Crippen molar-refractivity contribution < 1.29 is 8.42 Å². The van der Waals surface area contributed by atoms with Gasteiger partial charge in [0.2, 0.25) is 0 Å². The third kappa shape index (κ3) is 2.42. The van der Waals surface area contributed by atoms with Gasteiger partial charge in [0, 0.05) is 22.9 Å². The maximum absolute atomic E-state index is 11.6. The van der Waals surface area contributed by atoms with Crippen molar-refractivity contribution in [1.82, 2.24) is 10.3 Å². The maximum atomic E-state index is 11.6. The van der Waals surface area contributed by atoms with Crippen LogP contribution in [0.1, 0.15) is 11.3 Å². The van der Waals surface area contributed by atoms with Crippen LogP contribution in [0, 0.1) is 6.92 Å². The molecule has 2 rings (SSSR count). The highest BCUT2D eigenvalue weighted by Crippen LogP contribution is 2.25. The summed E-state index contributed by atoms with van der Waals surface area (Å²) < 4.78 is 23.2. The molecule has 0 saturated carbocycles. The predicted octanol–water partition coefficient (Wildman–Crippen LogP) is 1.64. The summed E-state index contributed by atoms with van der Waals surface area (Å²) in [7, 11) is -1.24. The first-order valence-corrected chi connectivity index (χ1v) is 7.78. The molecule has 0 spiro atoms. The minimum Gasteiger partial charge on any atom is -0.358 e. The van der Waals surface area contributed by atoms with E-state index in [0.717, 1.165) is 29.6 Å². The molecule has 2 aromatic rings. The van der Waals surface area contributed by atoms with E-state index in [2.05, 4.69) is 10.3 Å². The summed E-state index contributed by atoms with van der Waals surface area (Å²) in [5.41, 5.74) is 3.28. The molecule has 2 N–H and O–H groups in total. The molecule has 0 aliphatic heterocycles. The molecular weight excluding hydrogens is 248 g/mol. The number of benzene rings is 1. The molecule has 0 bridgehead atoms. The second kappa shape index (κ2) is 4.74. The van der Waals surface area contributed by atoms with E-state index in [1.807, 2.05) is 20.0 Å². The van der Waals surface area contributed by atoms with Crippen LogP contribution < -0.4 is 5.32 Å². The Morgan fingerprint density at radius 1 is 1.33 bits per heavy atom. The van der Waals surface area contributed by atoms with Crippen LogP contribution in [0.2, 0.25) is 0 Å². The van der Waals surface area contributed by atoms with E-state index in [-0.39, 0.29) is 0 Å². The molecule has 4 nitrogen and oxygen atoms in total. The molecule has 1 heterocycles. The quantitative estimate of drug-likeness (QED) is 0.884. The second-order valence-corrected chi connectivity index (χ2v) is 6.58. The molecule has 0 radical (unpaired) electrons. The van der Waals surface area contributed by atoms with Crippen LogP contribution in [-0.4, -0.2) is 33.2 Å². The fraction of sp³-hybridized carbons (Fsp3) is 0.385. The first-order chi connectivity index (χ1) is 8.43. The third-order valence-electron chi connectivity index (χ3n) is 3.14. The van der Waals surface area contributed by atoms with Gasteiger partial charge < -0.3 is 10.3 Å². The number of hydrogen-bond acceptors (Lipinski definition) is 3. The van der Waals surface area contributed by atoms with Gasteiger partial charge in [-0.3, -0.25) is 0 Å². The molecule has 0 amide bonds. The van der Waals surface area contributed by atoms with Gasteiger partial charge >= 0.3 is 0 Å². The van der Waals surface area contributed by atoms with Crippen LogP contribution in [0.5, 0.6) is 0 Å². The number of likely N-dealkylation sites (N-methyl/N-ethyl adjacent to an activating group) is 1. The SMILES string of the molecule is CNCCc1c(C)[nH]c2ccc(S(C)(=O)=O)cc12. The largest absolute Gasteiger partial charge is 0.358 e. The average Bonchev–Trinajstić information content (AvgIpc) is 2.60.